The van der Waals surface area contributed by atoms with Crippen molar-refractivity contribution in [2.45, 2.75) is 65.1 Å². The lowest BCUT2D eigenvalue weighted by Gasteiger charge is -2.22. The molecule has 1 rings (SSSR count). The van der Waals surface area contributed by atoms with E-state index in [-0.39, 0.29) is 0 Å². The van der Waals surface area contributed by atoms with Crippen LogP contribution in [0.25, 0.3) is 0 Å². The number of hydrogen-bond acceptors (Lipinski definition) is 4. The fourth-order valence-corrected chi connectivity index (χ4v) is 2.33. The minimum atomic E-state index is -0.792. The highest BCUT2D eigenvalue weighted by Gasteiger charge is 2.28. The Bertz CT molecular complexity index is 561. The first kappa shape index (κ1) is 20.0. The van der Waals surface area contributed by atoms with Gasteiger partial charge in [-0.1, -0.05) is 13.3 Å². The Hall–Kier alpha value is -2.05. The van der Waals surface area contributed by atoms with E-state index in [0.29, 0.717) is 6.42 Å². The zero-order chi connectivity index (χ0) is 18.3. The second-order valence-electron chi connectivity index (χ2n) is 6.87. The smallest absolute Gasteiger partial charge is 0.408 e. The summed E-state index contributed by atoms with van der Waals surface area (Å²) in [7, 11) is 3.24. The van der Waals surface area contributed by atoms with Gasteiger partial charge in [0.1, 0.15) is 23.5 Å². The van der Waals surface area contributed by atoms with Crippen LogP contribution < -0.4 is 9.88 Å². The zero-order valence-electron chi connectivity index (χ0n) is 15.6. The van der Waals surface area contributed by atoms with Gasteiger partial charge >= 0.3 is 12.1 Å². The van der Waals surface area contributed by atoms with Crippen LogP contribution in [-0.4, -0.2) is 35.4 Å². The third-order valence-corrected chi connectivity index (χ3v) is 3.39. The third kappa shape index (κ3) is 6.60. The molecule has 7 nitrogen and oxygen atoms in total. The molecule has 1 heterocycles. The highest BCUT2D eigenvalue weighted by Crippen LogP contribution is 2.09. The lowest BCUT2D eigenvalue weighted by Crippen LogP contribution is -2.45. The highest BCUT2D eigenvalue weighted by atomic mass is 16.6. The topological polar surface area (TPSA) is 73.4 Å². The summed E-state index contributed by atoms with van der Waals surface area (Å²) in [5.74, 6) is -0.494. The largest absolute Gasteiger partial charge is 0.467 e. The molecule has 0 aliphatic heterocycles. The fraction of sp³-hybridized carbons (Fsp3) is 0.706. The minimum Gasteiger partial charge on any atom is -0.467 e. The number of aromatic nitrogens is 2. The summed E-state index contributed by atoms with van der Waals surface area (Å²) >= 11 is 0. The predicted octanol–water partition coefficient (Wildman–Crippen LogP) is 1.72. The van der Waals surface area contributed by atoms with Gasteiger partial charge in [-0.05, 0) is 27.2 Å². The molecule has 7 heteroatoms. The number of imidazole rings is 1. The van der Waals surface area contributed by atoms with Crippen LogP contribution in [-0.2, 0) is 34.3 Å². The average molecular weight is 340 g/mol. The van der Waals surface area contributed by atoms with Gasteiger partial charge in [0.2, 0.25) is 6.33 Å². The molecule has 1 aromatic heterocycles. The van der Waals surface area contributed by atoms with Gasteiger partial charge in [0.25, 0.3) is 0 Å². The van der Waals surface area contributed by atoms with Crippen LogP contribution in [0.2, 0.25) is 0 Å². The lowest BCUT2D eigenvalue weighted by molar-refractivity contribution is -0.671. The number of carbonyl (C=O) groups is 2. The molecule has 1 atom stereocenters. The van der Waals surface area contributed by atoms with E-state index in [4.69, 9.17) is 9.47 Å². The Balaban J connectivity index is 2.87. The molecule has 0 aliphatic rings. The van der Waals surface area contributed by atoms with Crippen LogP contribution >= 0.6 is 0 Å². The first-order valence-corrected chi connectivity index (χ1v) is 8.28. The van der Waals surface area contributed by atoms with Crippen LogP contribution in [0.15, 0.2) is 12.5 Å². The number of rotatable bonds is 7. The molecule has 0 bridgehead atoms. The van der Waals surface area contributed by atoms with Gasteiger partial charge in [-0.25, -0.2) is 18.7 Å². The minimum absolute atomic E-state index is 0.344. The van der Waals surface area contributed by atoms with Gasteiger partial charge in [0.15, 0.2) is 0 Å². The Morgan fingerprint density at radius 3 is 2.58 bits per heavy atom. The standard InChI is InChI=1S/C17H29N3O4/c1-7-8-9-20-12-19(5)11-13(20)10-14(15(21)23-6)18-16(22)24-17(2,3)4/h11-12,14H,7-10H2,1-6H3/p+1/t14-/m0/s1. The zero-order valence-corrected chi connectivity index (χ0v) is 15.6. The van der Waals surface area contributed by atoms with E-state index < -0.39 is 23.7 Å². The maximum atomic E-state index is 12.0. The molecular weight excluding hydrogens is 310 g/mol. The van der Waals surface area contributed by atoms with Crippen LogP contribution in [0.1, 0.15) is 46.2 Å². The molecule has 24 heavy (non-hydrogen) atoms. The van der Waals surface area contributed by atoms with E-state index in [0.717, 1.165) is 25.1 Å². The SMILES string of the molecule is CCCCn1c[n+](C)cc1C[C@H](NC(=O)OC(C)(C)C)C(=O)OC. The molecule has 0 aromatic carbocycles. The number of ether oxygens (including phenoxy) is 2. The van der Waals surface area contributed by atoms with E-state index in [1.165, 1.54) is 7.11 Å². The summed E-state index contributed by atoms with van der Waals surface area (Å²) in [5, 5.41) is 2.61. The number of esters is 1. The molecule has 1 amide bonds. The quantitative estimate of drug-likeness (QED) is 0.606. The normalized spacial score (nSPS) is 12.6. The summed E-state index contributed by atoms with van der Waals surface area (Å²) in [4.78, 5) is 24.0. The molecule has 0 radical (unpaired) electrons. The van der Waals surface area contributed by atoms with E-state index in [9.17, 15) is 9.59 Å². The van der Waals surface area contributed by atoms with E-state index >= 15 is 0 Å². The van der Waals surface area contributed by atoms with Crippen molar-refractivity contribution in [1.29, 1.82) is 0 Å². The van der Waals surface area contributed by atoms with Crippen molar-refractivity contribution in [3.05, 3.63) is 18.2 Å². The molecule has 0 unspecified atom stereocenters. The number of hydrogen-bond donors (Lipinski definition) is 1. The molecule has 0 saturated carbocycles. The van der Waals surface area contributed by atoms with E-state index in [2.05, 4.69) is 16.8 Å². The van der Waals surface area contributed by atoms with Crippen molar-refractivity contribution in [1.82, 2.24) is 9.88 Å². The molecule has 0 aliphatic carbocycles. The monoisotopic (exact) mass is 340 g/mol. The summed E-state index contributed by atoms with van der Waals surface area (Å²) in [6.07, 6.45) is 5.77. The van der Waals surface area contributed by atoms with Crippen molar-refractivity contribution < 1.29 is 23.6 Å². The summed E-state index contributed by atoms with van der Waals surface area (Å²) in [6.45, 7) is 8.32. The number of carbonyl (C=O) groups excluding carboxylic acids is 2. The predicted molar refractivity (Wildman–Crippen MR) is 89.4 cm³/mol. The fourth-order valence-electron chi connectivity index (χ4n) is 2.33. The van der Waals surface area contributed by atoms with Crippen LogP contribution in [0.3, 0.4) is 0 Å². The van der Waals surface area contributed by atoms with Crippen molar-refractivity contribution >= 4 is 12.1 Å². The molecular formula is C17H30N3O4+. The second kappa shape index (κ2) is 8.70. The van der Waals surface area contributed by atoms with Gasteiger partial charge < -0.3 is 14.8 Å². The van der Waals surface area contributed by atoms with E-state index in [1.54, 1.807) is 20.8 Å². The summed E-state index contributed by atoms with van der Waals surface area (Å²) in [6, 6.07) is -0.792. The van der Waals surface area contributed by atoms with Gasteiger partial charge in [0, 0.05) is 6.42 Å². The number of unbranched alkanes of at least 4 members (excludes halogenated alkanes) is 1. The Kier molecular flexibility index (Phi) is 7.25. The molecule has 0 spiro atoms. The van der Waals surface area contributed by atoms with Crippen molar-refractivity contribution in [2.24, 2.45) is 7.05 Å². The number of amides is 1. The number of methoxy groups -OCH3 is 1. The highest BCUT2D eigenvalue weighted by molar-refractivity contribution is 5.81. The number of aryl methyl sites for hydroxylation is 2. The number of nitrogens with zero attached hydrogens (tertiary/aromatic N) is 2. The van der Waals surface area contributed by atoms with Gasteiger partial charge in [-0.3, -0.25) is 0 Å². The maximum Gasteiger partial charge on any atom is 0.408 e. The molecule has 0 saturated heterocycles. The van der Waals surface area contributed by atoms with Crippen LogP contribution in [0, 0.1) is 0 Å². The third-order valence-electron chi connectivity index (χ3n) is 3.39. The van der Waals surface area contributed by atoms with Gasteiger partial charge in [-0.15, -0.1) is 0 Å². The van der Waals surface area contributed by atoms with Gasteiger partial charge in [-0.2, -0.15) is 0 Å². The molecule has 1 aromatic rings. The van der Waals surface area contributed by atoms with Crippen LogP contribution in [0.4, 0.5) is 4.79 Å². The Morgan fingerprint density at radius 2 is 2.04 bits per heavy atom. The van der Waals surface area contributed by atoms with Gasteiger partial charge in [0.05, 0.1) is 20.7 Å². The Labute approximate surface area is 143 Å². The van der Waals surface area contributed by atoms with Crippen molar-refractivity contribution in [3.63, 3.8) is 0 Å². The Morgan fingerprint density at radius 1 is 1.38 bits per heavy atom. The van der Waals surface area contributed by atoms with E-state index in [1.807, 2.05) is 24.1 Å². The first-order valence-electron chi connectivity index (χ1n) is 8.28. The lowest BCUT2D eigenvalue weighted by atomic mass is 10.1. The summed E-state index contributed by atoms with van der Waals surface area (Å²) in [5.41, 5.74) is 0.329. The molecule has 136 valence electrons. The number of alkyl carbamates (subject to hydrolysis) is 1. The van der Waals surface area contributed by atoms with Crippen molar-refractivity contribution in [2.75, 3.05) is 7.11 Å². The average Bonchev–Trinajstić information content (AvgIpc) is 2.81. The molecule has 0 fully saturated rings. The maximum absolute atomic E-state index is 12.0. The summed E-state index contributed by atoms with van der Waals surface area (Å²) < 4.78 is 14.1. The van der Waals surface area contributed by atoms with Crippen molar-refractivity contribution in [3.8, 4) is 0 Å². The van der Waals surface area contributed by atoms with Crippen LogP contribution in [0.5, 0.6) is 0 Å². The number of nitrogens with one attached hydrogen (secondary N) is 1. The second-order valence-corrected chi connectivity index (χ2v) is 6.87. The first-order chi connectivity index (χ1) is 11.2. The molecule has 1 N–H and O–H groups in total.